The highest BCUT2D eigenvalue weighted by Crippen LogP contribution is 2.24. The Labute approximate surface area is 156 Å². The number of aromatic nitrogens is 3. The van der Waals surface area contributed by atoms with Crippen LogP contribution >= 0.6 is 0 Å². The largest absolute Gasteiger partial charge is 0.328 e. The van der Waals surface area contributed by atoms with Gasteiger partial charge in [0.25, 0.3) is 5.91 Å². The van der Waals surface area contributed by atoms with Crippen LogP contribution in [-0.2, 0) is 0 Å². The second-order valence-electron chi connectivity index (χ2n) is 6.66. The molecule has 1 unspecified atom stereocenters. The normalized spacial score (nSPS) is 17.1. The molecule has 138 valence electrons. The third kappa shape index (κ3) is 3.59. The second kappa shape index (κ2) is 7.28. The fourth-order valence-corrected chi connectivity index (χ4v) is 3.29. The monoisotopic (exact) mass is 365 g/mol. The zero-order valence-corrected chi connectivity index (χ0v) is 15.0. The number of carbonyl (C=O) groups is 1. The molecule has 1 fully saturated rings. The average Bonchev–Trinajstić information content (AvgIpc) is 3.18. The van der Waals surface area contributed by atoms with E-state index in [9.17, 15) is 9.18 Å². The number of rotatable bonds is 3. The topological polar surface area (TPSA) is 63.1 Å². The Kier molecular flexibility index (Phi) is 4.68. The Morgan fingerprint density at radius 3 is 2.81 bits per heavy atom. The zero-order chi connectivity index (χ0) is 18.8. The molecule has 0 aliphatic carbocycles. The maximum atomic E-state index is 13.6. The lowest BCUT2D eigenvalue weighted by Crippen LogP contribution is -2.48. The number of benzene rings is 2. The van der Waals surface area contributed by atoms with Crippen molar-refractivity contribution in [1.82, 2.24) is 25.2 Å². The molecule has 0 bridgehead atoms. The number of carbonyl (C=O) groups excluding carboxylic acids is 1. The van der Waals surface area contributed by atoms with Crippen molar-refractivity contribution in [3.63, 3.8) is 0 Å². The lowest BCUT2D eigenvalue weighted by atomic mass is 10.0. The van der Waals surface area contributed by atoms with Gasteiger partial charge in [0.2, 0.25) is 0 Å². The predicted molar refractivity (Wildman–Crippen MR) is 99.1 cm³/mol. The first-order valence-corrected chi connectivity index (χ1v) is 8.88. The summed E-state index contributed by atoms with van der Waals surface area (Å²) in [5.74, 6) is -0.514. The van der Waals surface area contributed by atoms with E-state index >= 15 is 0 Å². The first-order chi connectivity index (χ1) is 13.1. The van der Waals surface area contributed by atoms with Crippen LogP contribution in [0.1, 0.15) is 27.7 Å². The molecule has 1 aromatic heterocycles. The number of aryl methyl sites for hydroxylation is 1. The van der Waals surface area contributed by atoms with E-state index in [0.717, 1.165) is 16.8 Å². The summed E-state index contributed by atoms with van der Waals surface area (Å²) in [4.78, 5) is 14.8. The molecule has 6 nitrogen and oxygen atoms in total. The lowest BCUT2D eigenvalue weighted by molar-refractivity contribution is 0.0627. The molecule has 0 saturated carbocycles. The zero-order valence-electron chi connectivity index (χ0n) is 15.0. The summed E-state index contributed by atoms with van der Waals surface area (Å²) in [6, 6.07) is 14.0. The van der Waals surface area contributed by atoms with Crippen LogP contribution in [-0.4, -0.2) is 45.4 Å². The molecule has 1 amide bonds. The third-order valence-electron chi connectivity index (χ3n) is 4.75. The van der Waals surface area contributed by atoms with Gasteiger partial charge in [-0.1, -0.05) is 35.0 Å². The van der Waals surface area contributed by atoms with Crippen LogP contribution in [0.25, 0.3) is 5.69 Å². The molecule has 3 aromatic rings. The Hall–Kier alpha value is -3.06. The Bertz CT molecular complexity index is 953. The second-order valence-corrected chi connectivity index (χ2v) is 6.66. The summed E-state index contributed by atoms with van der Waals surface area (Å²) < 4.78 is 15.2. The highest BCUT2D eigenvalue weighted by Gasteiger charge is 2.30. The fraction of sp³-hybridized carbons (Fsp3) is 0.250. The quantitative estimate of drug-likeness (QED) is 0.775. The Balaban J connectivity index is 1.60. The summed E-state index contributed by atoms with van der Waals surface area (Å²) in [7, 11) is 0. The number of hydrogen-bond donors (Lipinski definition) is 1. The van der Waals surface area contributed by atoms with Crippen molar-refractivity contribution < 1.29 is 9.18 Å². The average molecular weight is 365 g/mol. The fourth-order valence-electron chi connectivity index (χ4n) is 3.29. The maximum absolute atomic E-state index is 13.6. The van der Waals surface area contributed by atoms with E-state index in [1.165, 1.54) is 12.1 Å². The number of nitrogens with one attached hydrogen (secondary N) is 1. The lowest BCUT2D eigenvalue weighted by Gasteiger charge is -2.36. The van der Waals surface area contributed by atoms with Gasteiger partial charge in [0.1, 0.15) is 5.82 Å². The molecule has 7 heteroatoms. The number of halogens is 1. The van der Waals surface area contributed by atoms with Gasteiger partial charge >= 0.3 is 0 Å². The van der Waals surface area contributed by atoms with Crippen molar-refractivity contribution >= 4 is 5.91 Å². The van der Waals surface area contributed by atoms with E-state index in [1.807, 2.05) is 37.3 Å². The minimum atomic E-state index is -0.309. The first kappa shape index (κ1) is 17.4. The summed E-state index contributed by atoms with van der Waals surface area (Å²) in [5.41, 5.74) is 3.03. The van der Waals surface area contributed by atoms with Gasteiger partial charge < -0.3 is 10.2 Å². The van der Waals surface area contributed by atoms with E-state index in [-0.39, 0.29) is 23.5 Å². The van der Waals surface area contributed by atoms with E-state index in [0.29, 0.717) is 19.6 Å². The smallest absolute Gasteiger partial charge is 0.276 e. The van der Waals surface area contributed by atoms with Crippen LogP contribution in [0.5, 0.6) is 0 Å². The first-order valence-electron chi connectivity index (χ1n) is 8.88. The summed E-state index contributed by atoms with van der Waals surface area (Å²) >= 11 is 0. The van der Waals surface area contributed by atoms with Gasteiger partial charge in [0.15, 0.2) is 5.69 Å². The summed E-state index contributed by atoms with van der Waals surface area (Å²) in [6.07, 6.45) is 1.64. The molecule has 1 N–H and O–H groups in total. The van der Waals surface area contributed by atoms with Gasteiger partial charge in [-0.05, 0) is 36.8 Å². The van der Waals surface area contributed by atoms with Crippen molar-refractivity contribution in [3.8, 4) is 5.69 Å². The van der Waals surface area contributed by atoms with Crippen molar-refractivity contribution in [2.45, 2.75) is 13.0 Å². The van der Waals surface area contributed by atoms with E-state index in [2.05, 4.69) is 15.6 Å². The van der Waals surface area contributed by atoms with E-state index in [1.54, 1.807) is 21.8 Å². The molecule has 1 atom stereocenters. The summed E-state index contributed by atoms with van der Waals surface area (Å²) in [5, 5.41) is 11.4. The highest BCUT2D eigenvalue weighted by molar-refractivity contribution is 5.92. The van der Waals surface area contributed by atoms with Crippen molar-refractivity contribution in [1.29, 1.82) is 0 Å². The number of nitrogens with zero attached hydrogens (tertiary/aromatic N) is 4. The Morgan fingerprint density at radius 2 is 2.04 bits per heavy atom. The van der Waals surface area contributed by atoms with Crippen LogP contribution in [0.4, 0.5) is 4.39 Å². The molecule has 0 spiro atoms. The van der Waals surface area contributed by atoms with Crippen molar-refractivity contribution in [3.05, 3.63) is 77.4 Å². The van der Waals surface area contributed by atoms with Crippen LogP contribution in [0.2, 0.25) is 0 Å². The highest BCUT2D eigenvalue weighted by atomic mass is 19.1. The van der Waals surface area contributed by atoms with Gasteiger partial charge in [0.05, 0.1) is 17.9 Å². The van der Waals surface area contributed by atoms with E-state index < -0.39 is 0 Å². The minimum Gasteiger partial charge on any atom is -0.328 e. The molecule has 0 radical (unpaired) electrons. The van der Waals surface area contributed by atoms with Gasteiger partial charge in [-0.2, -0.15) is 0 Å². The summed E-state index contributed by atoms with van der Waals surface area (Å²) in [6.45, 7) is 3.79. The van der Waals surface area contributed by atoms with Crippen LogP contribution in [0.15, 0.2) is 54.7 Å². The number of hydrogen-bond acceptors (Lipinski definition) is 4. The third-order valence-corrected chi connectivity index (χ3v) is 4.75. The van der Waals surface area contributed by atoms with Crippen LogP contribution < -0.4 is 5.32 Å². The van der Waals surface area contributed by atoms with Gasteiger partial charge in [-0.15, -0.1) is 5.10 Å². The molecular formula is C20H20FN5O. The molecule has 1 aliphatic rings. The van der Waals surface area contributed by atoms with Gasteiger partial charge in [-0.3, -0.25) is 4.79 Å². The number of amides is 1. The van der Waals surface area contributed by atoms with Crippen molar-refractivity contribution in [2.24, 2.45) is 0 Å². The van der Waals surface area contributed by atoms with Gasteiger partial charge in [0, 0.05) is 19.6 Å². The predicted octanol–water partition coefficient (Wildman–Crippen LogP) is 2.50. The van der Waals surface area contributed by atoms with Crippen LogP contribution in [0, 0.1) is 12.7 Å². The van der Waals surface area contributed by atoms with E-state index in [4.69, 9.17) is 0 Å². The van der Waals surface area contributed by atoms with Gasteiger partial charge in [-0.25, -0.2) is 9.07 Å². The Morgan fingerprint density at radius 1 is 1.22 bits per heavy atom. The number of piperazine rings is 1. The maximum Gasteiger partial charge on any atom is 0.276 e. The minimum absolute atomic E-state index is 0.205. The molecule has 4 rings (SSSR count). The molecule has 2 heterocycles. The molecule has 1 saturated heterocycles. The van der Waals surface area contributed by atoms with Crippen molar-refractivity contribution in [2.75, 3.05) is 19.6 Å². The molecule has 27 heavy (non-hydrogen) atoms. The SMILES string of the molecule is Cc1ccc(-n2cc(C(=O)N3CCNCC3c3cccc(F)c3)nn2)cc1. The van der Waals surface area contributed by atoms with Crippen LogP contribution in [0.3, 0.4) is 0 Å². The molecule has 1 aliphatic heterocycles. The molecule has 2 aromatic carbocycles. The standard InChI is InChI=1S/C20H20FN5O/c1-14-5-7-17(8-6-14)26-13-18(23-24-26)20(27)25-10-9-22-12-19(25)15-3-2-4-16(21)11-15/h2-8,11,13,19,22H,9-10,12H2,1H3. The molecular weight excluding hydrogens is 345 g/mol.